The standard InChI is InChI=1S/C17H28N4/c1-3-11-20-17(2,13-18)10-6-7-12-21-14-19-15-8-4-5-9-16(15)21/h14,20H,3-12H2,1-2H3. The third-order valence-corrected chi connectivity index (χ3v) is 4.45. The van der Waals surface area contributed by atoms with Gasteiger partial charge >= 0.3 is 0 Å². The minimum Gasteiger partial charge on any atom is -0.334 e. The molecule has 0 aliphatic heterocycles. The Labute approximate surface area is 128 Å². The number of rotatable bonds is 8. The van der Waals surface area contributed by atoms with Crippen molar-refractivity contribution < 1.29 is 0 Å². The number of nitrogens with zero attached hydrogens (tertiary/aromatic N) is 3. The van der Waals surface area contributed by atoms with Gasteiger partial charge in [-0.3, -0.25) is 5.32 Å². The molecule has 1 aromatic rings. The van der Waals surface area contributed by atoms with E-state index in [1.165, 1.54) is 30.7 Å². The molecule has 0 aromatic carbocycles. The number of aromatic nitrogens is 2. The third kappa shape index (κ3) is 4.31. The second-order valence-electron chi connectivity index (χ2n) is 6.37. The number of imidazole rings is 1. The maximum atomic E-state index is 9.33. The topological polar surface area (TPSA) is 53.6 Å². The first-order valence-electron chi connectivity index (χ1n) is 8.37. The van der Waals surface area contributed by atoms with Crippen molar-refractivity contribution in [1.82, 2.24) is 14.9 Å². The minimum absolute atomic E-state index is 0.371. The van der Waals surface area contributed by atoms with Crippen LogP contribution in [0.5, 0.6) is 0 Å². The first-order valence-corrected chi connectivity index (χ1v) is 8.37. The summed E-state index contributed by atoms with van der Waals surface area (Å²) in [4.78, 5) is 4.54. The predicted octanol–water partition coefficient (Wildman–Crippen LogP) is 3.21. The van der Waals surface area contributed by atoms with Crippen LogP contribution < -0.4 is 5.32 Å². The Bertz CT molecular complexity index is 485. The molecule has 0 saturated heterocycles. The van der Waals surface area contributed by atoms with Crippen LogP contribution in [0, 0.1) is 11.3 Å². The number of nitriles is 1. The van der Waals surface area contributed by atoms with E-state index in [9.17, 15) is 5.26 Å². The number of nitrogens with one attached hydrogen (secondary N) is 1. The number of fused-ring (bicyclic) bond motifs is 1. The lowest BCUT2D eigenvalue weighted by atomic mass is 9.96. The van der Waals surface area contributed by atoms with Crippen LogP contribution in [-0.4, -0.2) is 21.6 Å². The van der Waals surface area contributed by atoms with Gasteiger partial charge in [0.2, 0.25) is 0 Å². The van der Waals surface area contributed by atoms with E-state index in [0.29, 0.717) is 0 Å². The molecule has 4 nitrogen and oxygen atoms in total. The molecule has 1 atom stereocenters. The second kappa shape index (κ2) is 7.61. The summed E-state index contributed by atoms with van der Waals surface area (Å²) in [5.41, 5.74) is 2.39. The van der Waals surface area contributed by atoms with Gasteiger partial charge in [0.05, 0.1) is 18.1 Å². The van der Waals surface area contributed by atoms with Crippen LogP contribution in [-0.2, 0) is 19.4 Å². The van der Waals surface area contributed by atoms with Crippen molar-refractivity contribution in [3.63, 3.8) is 0 Å². The second-order valence-corrected chi connectivity index (χ2v) is 6.37. The average molecular weight is 288 g/mol. The highest BCUT2D eigenvalue weighted by Crippen LogP contribution is 2.21. The van der Waals surface area contributed by atoms with Crippen molar-refractivity contribution in [2.24, 2.45) is 0 Å². The fraction of sp³-hybridized carbons (Fsp3) is 0.765. The Morgan fingerprint density at radius 2 is 2.19 bits per heavy atom. The maximum Gasteiger partial charge on any atom is 0.103 e. The lowest BCUT2D eigenvalue weighted by molar-refractivity contribution is 0.395. The summed E-state index contributed by atoms with van der Waals surface area (Å²) in [5.74, 6) is 0. The fourth-order valence-corrected chi connectivity index (χ4v) is 3.07. The number of unbranched alkanes of at least 4 members (excludes halogenated alkanes) is 1. The van der Waals surface area contributed by atoms with E-state index in [-0.39, 0.29) is 5.54 Å². The lowest BCUT2D eigenvalue weighted by Gasteiger charge is -2.23. The van der Waals surface area contributed by atoms with Crippen molar-refractivity contribution in [1.29, 1.82) is 5.26 Å². The minimum atomic E-state index is -0.371. The van der Waals surface area contributed by atoms with E-state index in [1.807, 2.05) is 13.3 Å². The van der Waals surface area contributed by atoms with Gasteiger partial charge in [0.15, 0.2) is 0 Å². The van der Waals surface area contributed by atoms with Gasteiger partial charge in [-0.15, -0.1) is 0 Å². The smallest absolute Gasteiger partial charge is 0.103 e. The first kappa shape index (κ1) is 16.0. The summed E-state index contributed by atoms with van der Waals surface area (Å²) in [7, 11) is 0. The van der Waals surface area contributed by atoms with Crippen molar-refractivity contribution in [3.8, 4) is 6.07 Å². The van der Waals surface area contributed by atoms with Gasteiger partial charge in [-0.25, -0.2) is 4.98 Å². The van der Waals surface area contributed by atoms with Gasteiger partial charge in [-0.2, -0.15) is 5.26 Å². The quantitative estimate of drug-likeness (QED) is 0.747. The van der Waals surface area contributed by atoms with E-state index < -0.39 is 0 Å². The molecule has 0 fully saturated rings. The summed E-state index contributed by atoms with van der Waals surface area (Å²) >= 11 is 0. The zero-order chi connectivity index (χ0) is 15.1. The largest absolute Gasteiger partial charge is 0.334 e. The highest BCUT2D eigenvalue weighted by molar-refractivity contribution is 5.16. The SMILES string of the molecule is CCCNC(C)(C#N)CCCCn1cnc2c1CCCC2. The Kier molecular flexibility index (Phi) is 5.81. The van der Waals surface area contributed by atoms with Crippen LogP contribution in [0.3, 0.4) is 0 Å². The van der Waals surface area contributed by atoms with Gasteiger partial charge in [0, 0.05) is 12.2 Å². The van der Waals surface area contributed by atoms with Crippen LogP contribution >= 0.6 is 0 Å². The number of aryl methyl sites for hydroxylation is 2. The molecule has 1 heterocycles. The van der Waals surface area contributed by atoms with Crippen molar-refractivity contribution in [3.05, 3.63) is 17.7 Å². The molecule has 0 saturated carbocycles. The van der Waals surface area contributed by atoms with E-state index in [0.717, 1.165) is 45.2 Å². The summed E-state index contributed by atoms with van der Waals surface area (Å²) in [6, 6.07) is 2.43. The molecule has 116 valence electrons. The molecular formula is C17H28N4. The molecule has 4 heteroatoms. The maximum absolute atomic E-state index is 9.33. The lowest BCUT2D eigenvalue weighted by Crippen LogP contribution is -2.41. The van der Waals surface area contributed by atoms with Gasteiger partial charge in [0.1, 0.15) is 5.54 Å². The zero-order valence-electron chi connectivity index (χ0n) is 13.5. The molecule has 1 N–H and O–H groups in total. The van der Waals surface area contributed by atoms with E-state index >= 15 is 0 Å². The van der Waals surface area contributed by atoms with Crippen LogP contribution in [0.4, 0.5) is 0 Å². The van der Waals surface area contributed by atoms with E-state index in [2.05, 4.69) is 27.9 Å². The fourth-order valence-electron chi connectivity index (χ4n) is 3.07. The zero-order valence-corrected chi connectivity index (χ0v) is 13.5. The molecule has 1 aliphatic rings. The Morgan fingerprint density at radius 1 is 1.38 bits per heavy atom. The normalized spacial score (nSPS) is 17.0. The van der Waals surface area contributed by atoms with E-state index in [1.54, 1.807) is 0 Å². The predicted molar refractivity (Wildman–Crippen MR) is 85.0 cm³/mol. The highest BCUT2D eigenvalue weighted by atomic mass is 15.1. The van der Waals surface area contributed by atoms with Crippen LogP contribution in [0.15, 0.2) is 6.33 Å². The Balaban J connectivity index is 1.77. The summed E-state index contributed by atoms with van der Waals surface area (Å²) in [5, 5.41) is 12.7. The van der Waals surface area contributed by atoms with Crippen molar-refractivity contribution in [2.75, 3.05) is 6.54 Å². The van der Waals surface area contributed by atoms with Crippen LogP contribution in [0.1, 0.15) is 63.8 Å². The third-order valence-electron chi connectivity index (χ3n) is 4.45. The molecule has 0 spiro atoms. The molecule has 2 rings (SSSR count). The van der Waals surface area contributed by atoms with Crippen LogP contribution in [0.25, 0.3) is 0 Å². The summed E-state index contributed by atoms with van der Waals surface area (Å²) in [6.45, 7) is 6.10. The van der Waals surface area contributed by atoms with Gasteiger partial charge in [-0.05, 0) is 64.8 Å². The molecule has 1 aromatic heterocycles. The Morgan fingerprint density at radius 3 is 2.95 bits per heavy atom. The average Bonchev–Trinajstić information content (AvgIpc) is 2.93. The monoisotopic (exact) mass is 288 g/mol. The molecule has 21 heavy (non-hydrogen) atoms. The summed E-state index contributed by atoms with van der Waals surface area (Å²) in [6.07, 6.45) is 11.1. The molecule has 0 amide bonds. The number of hydrogen-bond donors (Lipinski definition) is 1. The van der Waals surface area contributed by atoms with Gasteiger partial charge < -0.3 is 4.57 Å². The molecule has 1 aliphatic carbocycles. The van der Waals surface area contributed by atoms with Gasteiger partial charge in [-0.1, -0.05) is 6.92 Å². The van der Waals surface area contributed by atoms with Crippen molar-refractivity contribution in [2.45, 2.75) is 77.3 Å². The van der Waals surface area contributed by atoms with E-state index in [4.69, 9.17) is 0 Å². The van der Waals surface area contributed by atoms with Gasteiger partial charge in [0.25, 0.3) is 0 Å². The molecule has 1 unspecified atom stereocenters. The number of hydrogen-bond acceptors (Lipinski definition) is 3. The molecule has 0 radical (unpaired) electrons. The van der Waals surface area contributed by atoms with Crippen LogP contribution in [0.2, 0.25) is 0 Å². The van der Waals surface area contributed by atoms with Crippen molar-refractivity contribution >= 4 is 0 Å². The first-order chi connectivity index (χ1) is 10.2. The molecular weight excluding hydrogens is 260 g/mol. The molecule has 0 bridgehead atoms. The summed E-state index contributed by atoms with van der Waals surface area (Å²) < 4.78 is 2.33. The Hall–Kier alpha value is -1.34. The highest BCUT2D eigenvalue weighted by Gasteiger charge is 2.22.